The average Bonchev–Trinajstić information content (AvgIpc) is 3.20. The number of hydrogen-bond donors (Lipinski definition) is 0. The Kier molecular flexibility index (Phi) is 8.30. The number of benzene rings is 3. The van der Waals surface area contributed by atoms with E-state index in [0.29, 0.717) is 13.0 Å². The van der Waals surface area contributed by atoms with Crippen molar-refractivity contribution in [3.05, 3.63) is 91.0 Å². The maximum absolute atomic E-state index is 11.9. The molecule has 0 N–H and O–H groups in total. The summed E-state index contributed by atoms with van der Waals surface area (Å²) in [5, 5.41) is 2.37. The Hall–Kier alpha value is -2.21. The van der Waals surface area contributed by atoms with Gasteiger partial charge in [-0.05, 0) is 0 Å². The van der Waals surface area contributed by atoms with Gasteiger partial charge in [0.15, 0.2) is 0 Å². The predicted molar refractivity (Wildman–Crippen MR) is 144 cm³/mol. The quantitative estimate of drug-likeness (QED) is 0.316. The second kappa shape index (κ2) is 11.2. The van der Waals surface area contributed by atoms with Crippen molar-refractivity contribution >= 4 is 44.1 Å². The van der Waals surface area contributed by atoms with E-state index in [0.717, 1.165) is 0 Å². The summed E-state index contributed by atoms with van der Waals surface area (Å²) in [4.78, 5) is 11.9. The Morgan fingerprint density at radius 2 is 1.43 bits per heavy atom. The molecule has 0 saturated carbocycles. The first-order chi connectivity index (χ1) is 16.8. The summed E-state index contributed by atoms with van der Waals surface area (Å²) in [5.41, 5.74) is 0. The molecule has 0 aliphatic carbocycles. The third kappa shape index (κ3) is 5.96. The van der Waals surface area contributed by atoms with Gasteiger partial charge in [-0.15, -0.1) is 0 Å². The molecule has 1 saturated heterocycles. The first-order valence-electron chi connectivity index (χ1n) is 12.1. The third-order valence-corrected chi connectivity index (χ3v) is 13.7. The van der Waals surface area contributed by atoms with Gasteiger partial charge in [0.25, 0.3) is 0 Å². The Bertz CT molecular complexity index is 1050. The molecule has 1 unspecified atom stereocenters. The number of hydrogen-bond acceptors (Lipinski definition) is 4. The second-order valence-electron chi connectivity index (χ2n) is 9.89. The van der Waals surface area contributed by atoms with E-state index in [9.17, 15) is 4.79 Å². The molecule has 3 aromatic rings. The molecular formula is C29H34O4SeSi. The van der Waals surface area contributed by atoms with Crippen LogP contribution in [0.25, 0.3) is 0 Å². The molecule has 1 fully saturated rings. The van der Waals surface area contributed by atoms with Crippen molar-refractivity contribution in [2.75, 3.05) is 6.61 Å². The molecule has 4 rings (SSSR count). The van der Waals surface area contributed by atoms with Crippen molar-refractivity contribution in [3.63, 3.8) is 0 Å². The van der Waals surface area contributed by atoms with Gasteiger partial charge < -0.3 is 0 Å². The summed E-state index contributed by atoms with van der Waals surface area (Å²) in [5.74, 6) is -0.276. The maximum atomic E-state index is 11.9. The third-order valence-electron chi connectivity index (χ3n) is 6.37. The first-order valence-corrected chi connectivity index (χ1v) is 15.8. The van der Waals surface area contributed by atoms with E-state index in [-0.39, 0.29) is 43.2 Å². The molecule has 35 heavy (non-hydrogen) atoms. The zero-order chi connectivity index (χ0) is 24.9. The summed E-state index contributed by atoms with van der Waals surface area (Å²) >= 11 is 0.131. The van der Waals surface area contributed by atoms with Crippen LogP contribution in [-0.2, 0) is 18.7 Å². The van der Waals surface area contributed by atoms with Gasteiger partial charge >= 0.3 is 217 Å². The zero-order valence-electron chi connectivity index (χ0n) is 20.8. The summed E-state index contributed by atoms with van der Waals surface area (Å²) in [6.45, 7) is 8.64. The van der Waals surface area contributed by atoms with Crippen LogP contribution in [-0.4, -0.2) is 53.1 Å². The topological polar surface area (TPSA) is 44.8 Å². The van der Waals surface area contributed by atoms with E-state index in [4.69, 9.17) is 13.9 Å². The van der Waals surface area contributed by atoms with Crippen LogP contribution in [0.3, 0.4) is 0 Å². The molecule has 0 bridgehead atoms. The molecule has 6 heteroatoms. The monoisotopic (exact) mass is 554 g/mol. The predicted octanol–water partition coefficient (Wildman–Crippen LogP) is 3.64. The van der Waals surface area contributed by atoms with Crippen molar-refractivity contribution in [3.8, 4) is 0 Å². The minimum absolute atomic E-state index is 0.0435. The zero-order valence-corrected chi connectivity index (χ0v) is 23.6. The number of carbonyl (C=O) groups is 1. The average molecular weight is 554 g/mol. The summed E-state index contributed by atoms with van der Waals surface area (Å²) in [6.07, 6.45) is 0.0981. The molecule has 1 heterocycles. The fourth-order valence-corrected chi connectivity index (χ4v) is 11.7. The fraction of sp³-hybridized carbons (Fsp3) is 0.345. The van der Waals surface area contributed by atoms with Gasteiger partial charge in [-0.1, -0.05) is 0 Å². The Balaban J connectivity index is 1.63. The Morgan fingerprint density at radius 3 is 1.91 bits per heavy atom. The molecule has 0 aromatic heterocycles. The second-order valence-corrected chi connectivity index (χ2v) is 16.8. The van der Waals surface area contributed by atoms with Crippen molar-refractivity contribution in [2.45, 2.75) is 56.4 Å². The van der Waals surface area contributed by atoms with Crippen molar-refractivity contribution < 1.29 is 18.7 Å². The van der Waals surface area contributed by atoms with Gasteiger partial charge in [0, 0.05) is 0 Å². The van der Waals surface area contributed by atoms with E-state index in [1.165, 1.54) is 21.8 Å². The van der Waals surface area contributed by atoms with Crippen LogP contribution in [0.1, 0.15) is 34.1 Å². The standard InChI is InChI=1S/C29H34O4SeSi/c1-22(30)32-26-20-28(34-23-14-8-5-9-15-23)33-27(26)21-31-35(29(2,3)4,24-16-10-6-11-17-24)25-18-12-7-13-19-25/h5-19,26-28H,20-21H2,1-4H3/t26-,27-,28?/m1/s1. The SMILES string of the molecule is CC(=O)O[C@@H]1CC([Se]c2ccccc2)O[C@@H]1CO[Si](c1ccccc1)(c1ccccc1)C(C)(C)C. The van der Waals surface area contributed by atoms with Gasteiger partial charge in [0.05, 0.1) is 0 Å². The Morgan fingerprint density at radius 1 is 0.914 bits per heavy atom. The van der Waals surface area contributed by atoms with Gasteiger partial charge in [-0.3, -0.25) is 0 Å². The fourth-order valence-electron chi connectivity index (χ4n) is 4.86. The van der Waals surface area contributed by atoms with Gasteiger partial charge in [-0.2, -0.15) is 0 Å². The molecule has 0 radical (unpaired) electrons. The summed E-state index contributed by atoms with van der Waals surface area (Å²) < 4.78 is 20.6. The van der Waals surface area contributed by atoms with Crippen LogP contribution in [0, 0.1) is 0 Å². The molecular weight excluding hydrogens is 519 g/mol. The molecule has 0 spiro atoms. The van der Waals surface area contributed by atoms with Gasteiger partial charge in [0.1, 0.15) is 0 Å². The van der Waals surface area contributed by atoms with Gasteiger partial charge in [-0.25, -0.2) is 0 Å². The van der Waals surface area contributed by atoms with E-state index in [2.05, 4.69) is 93.6 Å². The van der Waals surface area contributed by atoms with E-state index < -0.39 is 8.32 Å². The van der Waals surface area contributed by atoms with Crippen molar-refractivity contribution in [1.29, 1.82) is 0 Å². The van der Waals surface area contributed by atoms with E-state index in [1.807, 2.05) is 18.2 Å². The molecule has 3 aromatic carbocycles. The molecule has 4 nitrogen and oxygen atoms in total. The first kappa shape index (κ1) is 25.9. The molecule has 0 amide bonds. The minimum atomic E-state index is -2.70. The van der Waals surface area contributed by atoms with Crippen LogP contribution in [0.2, 0.25) is 5.04 Å². The molecule has 1 aliphatic rings. The normalized spacial score (nSPS) is 20.5. The van der Waals surface area contributed by atoms with Crippen LogP contribution in [0.4, 0.5) is 0 Å². The number of ether oxygens (including phenoxy) is 2. The van der Waals surface area contributed by atoms with Crippen molar-refractivity contribution in [1.82, 2.24) is 0 Å². The van der Waals surface area contributed by atoms with E-state index >= 15 is 0 Å². The van der Waals surface area contributed by atoms with Crippen LogP contribution >= 0.6 is 0 Å². The van der Waals surface area contributed by atoms with E-state index in [1.54, 1.807) is 0 Å². The summed E-state index contributed by atoms with van der Waals surface area (Å²) in [7, 11) is -2.70. The van der Waals surface area contributed by atoms with Crippen LogP contribution in [0.5, 0.6) is 0 Å². The van der Waals surface area contributed by atoms with Crippen LogP contribution < -0.4 is 14.8 Å². The van der Waals surface area contributed by atoms with Crippen molar-refractivity contribution in [2.24, 2.45) is 0 Å². The number of rotatable bonds is 8. The van der Waals surface area contributed by atoms with Gasteiger partial charge in [0.2, 0.25) is 0 Å². The Labute approximate surface area is 216 Å². The molecule has 3 atom stereocenters. The summed E-state index contributed by atoms with van der Waals surface area (Å²) in [6, 6.07) is 31.6. The molecule has 1 aliphatic heterocycles. The molecule has 184 valence electrons. The number of carbonyl (C=O) groups excluding carboxylic acids is 1. The number of esters is 1. The van der Waals surface area contributed by atoms with Crippen LogP contribution in [0.15, 0.2) is 91.0 Å².